The highest BCUT2D eigenvalue weighted by molar-refractivity contribution is 9.11. The molecule has 2 rings (SSSR count). The van der Waals surface area contributed by atoms with Crippen molar-refractivity contribution in [1.29, 1.82) is 0 Å². The van der Waals surface area contributed by atoms with E-state index in [0.717, 1.165) is 20.1 Å². The fraction of sp³-hybridized carbons (Fsp3) is 0.100. The largest absolute Gasteiger partial charge is 0.391 e. The molecule has 1 aromatic heterocycles. The molecule has 0 amide bonds. The molecule has 0 saturated heterocycles. The third kappa shape index (κ3) is 2.23. The summed E-state index contributed by atoms with van der Waals surface area (Å²) in [7, 11) is 0. The van der Waals surface area contributed by atoms with E-state index in [1.165, 1.54) is 11.3 Å². The zero-order valence-electron chi connectivity index (χ0n) is 7.58. The van der Waals surface area contributed by atoms with Gasteiger partial charge in [-0.2, -0.15) is 0 Å². The second kappa shape index (κ2) is 4.61. The first-order chi connectivity index (χ1) is 7.22. The van der Waals surface area contributed by atoms with Gasteiger partial charge in [-0.15, -0.1) is 11.3 Å². The molecule has 0 aliphatic rings. The molecule has 0 atom stereocenters. The quantitative estimate of drug-likeness (QED) is 0.917. The second-order valence-corrected chi connectivity index (χ2v) is 5.64. The van der Waals surface area contributed by atoms with Gasteiger partial charge in [-0.05, 0) is 22.0 Å². The summed E-state index contributed by atoms with van der Waals surface area (Å²) in [6, 6.07) is 7.47. The van der Waals surface area contributed by atoms with Crippen molar-refractivity contribution in [3.05, 3.63) is 38.1 Å². The number of aliphatic hydroxyl groups is 1. The molecule has 0 radical (unpaired) electrons. The SMILES string of the molecule is OCc1sc(Br)nc1-c1ccccc1Cl. The van der Waals surface area contributed by atoms with Crippen molar-refractivity contribution in [2.24, 2.45) is 0 Å². The van der Waals surface area contributed by atoms with Crippen LogP contribution in [0, 0.1) is 0 Å². The summed E-state index contributed by atoms with van der Waals surface area (Å²) < 4.78 is 0.751. The van der Waals surface area contributed by atoms with E-state index in [0.29, 0.717) is 5.02 Å². The fourth-order valence-corrected chi connectivity index (χ4v) is 2.94. The minimum atomic E-state index is -0.0240. The minimum absolute atomic E-state index is 0.0240. The first kappa shape index (κ1) is 11.1. The van der Waals surface area contributed by atoms with Crippen molar-refractivity contribution in [2.45, 2.75) is 6.61 Å². The standard InChI is InChI=1S/C10H7BrClNOS/c11-10-13-9(8(5-14)15-10)6-3-1-2-4-7(6)12/h1-4,14H,5H2. The average Bonchev–Trinajstić information content (AvgIpc) is 2.60. The van der Waals surface area contributed by atoms with E-state index in [4.69, 9.17) is 11.6 Å². The lowest BCUT2D eigenvalue weighted by Crippen LogP contribution is -1.85. The van der Waals surface area contributed by atoms with Gasteiger partial charge in [0.25, 0.3) is 0 Å². The Hall–Kier alpha value is -0.420. The summed E-state index contributed by atoms with van der Waals surface area (Å²) in [6.45, 7) is -0.0240. The number of hydrogen-bond acceptors (Lipinski definition) is 3. The number of thiazole rings is 1. The molecule has 0 aliphatic heterocycles. The highest BCUT2D eigenvalue weighted by Crippen LogP contribution is 2.34. The lowest BCUT2D eigenvalue weighted by Gasteiger charge is -2.01. The highest BCUT2D eigenvalue weighted by atomic mass is 79.9. The van der Waals surface area contributed by atoms with E-state index in [2.05, 4.69) is 20.9 Å². The van der Waals surface area contributed by atoms with Gasteiger partial charge >= 0.3 is 0 Å². The van der Waals surface area contributed by atoms with Crippen molar-refractivity contribution in [1.82, 2.24) is 4.98 Å². The molecule has 2 nitrogen and oxygen atoms in total. The van der Waals surface area contributed by atoms with Crippen molar-refractivity contribution in [2.75, 3.05) is 0 Å². The maximum atomic E-state index is 9.19. The zero-order chi connectivity index (χ0) is 10.8. The Bertz CT molecular complexity index is 486. The zero-order valence-corrected chi connectivity index (χ0v) is 10.7. The van der Waals surface area contributed by atoms with Crippen molar-refractivity contribution in [3.63, 3.8) is 0 Å². The van der Waals surface area contributed by atoms with E-state index in [-0.39, 0.29) is 6.61 Å². The predicted molar refractivity (Wildman–Crippen MR) is 66.2 cm³/mol. The van der Waals surface area contributed by atoms with Crippen LogP contribution in [0.5, 0.6) is 0 Å². The summed E-state index contributed by atoms with van der Waals surface area (Å²) in [6.07, 6.45) is 0. The van der Waals surface area contributed by atoms with Gasteiger partial charge in [-0.25, -0.2) is 4.98 Å². The Labute approximate surface area is 105 Å². The Balaban J connectivity index is 2.58. The Morgan fingerprint density at radius 3 is 2.80 bits per heavy atom. The van der Waals surface area contributed by atoms with Gasteiger partial charge in [-0.3, -0.25) is 0 Å². The number of hydrogen-bond donors (Lipinski definition) is 1. The summed E-state index contributed by atoms with van der Waals surface area (Å²) >= 11 is 10.8. The number of aromatic nitrogens is 1. The first-order valence-corrected chi connectivity index (χ1v) is 6.22. The van der Waals surface area contributed by atoms with Crippen LogP contribution in [-0.2, 0) is 6.61 Å². The van der Waals surface area contributed by atoms with Crippen LogP contribution in [0.15, 0.2) is 28.2 Å². The van der Waals surface area contributed by atoms with Gasteiger partial charge in [-0.1, -0.05) is 29.8 Å². The lowest BCUT2D eigenvalue weighted by molar-refractivity contribution is 0.286. The Morgan fingerprint density at radius 1 is 1.40 bits per heavy atom. The van der Waals surface area contributed by atoms with Crippen molar-refractivity contribution < 1.29 is 5.11 Å². The van der Waals surface area contributed by atoms with E-state index in [1.54, 1.807) is 0 Å². The number of aliphatic hydroxyl groups excluding tert-OH is 1. The van der Waals surface area contributed by atoms with Crippen LogP contribution in [0.25, 0.3) is 11.3 Å². The van der Waals surface area contributed by atoms with Gasteiger partial charge in [0.1, 0.15) is 0 Å². The summed E-state index contributed by atoms with van der Waals surface area (Å²) in [5.74, 6) is 0. The van der Waals surface area contributed by atoms with Gasteiger partial charge < -0.3 is 5.11 Å². The van der Waals surface area contributed by atoms with E-state index in [1.807, 2.05) is 24.3 Å². The normalized spacial score (nSPS) is 10.6. The van der Waals surface area contributed by atoms with Gasteiger partial charge in [0.15, 0.2) is 3.92 Å². The Morgan fingerprint density at radius 2 is 2.13 bits per heavy atom. The summed E-state index contributed by atoms with van der Waals surface area (Å²) in [4.78, 5) is 5.12. The predicted octanol–water partition coefficient (Wildman–Crippen LogP) is 3.72. The minimum Gasteiger partial charge on any atom is -0.391 e. The van der Waals surface area contributed by atoms with Crippen LogP contribution in [-0.4, -0.2) is 10.1 Å². The fourth-order valence-electron chi connectivity index (χ4n) is 1.29. The summed E-state index contributed by atoms with van der Waals surface area (Å²) in [5, 5.41) is 9.83. The monoisotopic (exact) mass is 303 g/mol. The van der Waals surface area contributed by atoms with Gasteiger partial charge in [0.2, 0.25) is 0 Å². The van der Waals surface area contributed by atoms with E-state index < -0.39 is 0 Å². The molecule has 0 unspecified atom stereocenters. The maximum absolute atomic E-state index is 9.19. The van der Waals surface area contributed by atoms with Crippen LogP contribution in [0.4, 0.5) is 0 Å². The third-order valence-corrected chi connectivity index (χ3v) is 3.76. The van der Waals surface area contributed by atoms with E-state index in [9.17, 15) is 5.11 Å². The first-order valence-electron chi connectivity index (χ1n) is 4.23. The lowest BCUT2D eigenvalue weighted by atomic mass is 10.1. The smallest absolute Gasteiger partial charge is 0.160 e. The second-order valence-electron chi connectivity index (χ2n) is 2.88. The molecular weight excluding hydrogens is 298 g/mol. The van der Waals surface area contributed by atoms with Crippen LogP contribution >= 0.6 is 38.9 Å². The van der Waals surface area contributed by atoms with Crippen LogP contribution in [0.3, 0.4) is 0 Å². The number of nitrogens with zero attached hydrogens (tertiary/aromatic N) is 1. The molecule has 2 aromatic rings. The van der Waals surface area contributed by atoms with E-state index >= 15 is 0 Å². The molecule has 0 spiro atoms. The molecule has 15 heavy (non-hydrogen) atoms. The molecule has 1 aromatic carbocycles. The molecule has 0 aliphatic carbocycles. The molecule has 0 bridgehead atoms. The molecule has 0 fully saturated rings. The number of rotatable bonds is 2. The molecular formula is C10H7BrClNOS. The van der Waals surface area contributed by atoms with Gasteiger partial charge in [0.05, 0.1) is 17.2 Å². The summed E-state index contributed by atoms with van der Waals surface area (Å²) in [5.41, 5.74) is 1.60. The molecule has 5 heteroatoms. The molecule has 1 heterocycles. The third-order valence-electron chi connectivity index (χ3n) is 1.94. The Kier molecular flexibility index (Phi) is 3.41. The molecule has 1 N–H and O–H groups in total. The number of halogens is 2. The highest BCUT2D eigenvalue weighted by Gasteiger charge is 2.13. The molecule has 78 valence electrons. The van der Waals surface area contributed by atoms with Crippen LogP contribution < -0.4 is 0 Å². The molecule has 0 saturated carbocycles. The maximum Gasteiger partial charge on any atom is 0.160 e. The van der Waals surface area contributed by atoms with Crippen molar-refractivity contribution in [3.8, 4) is 11.3 Å². The average molecular weight is 305 g/mol. The van der Waals surface area contributed by atoms with Crippen LogP contribution in [0.2, 0.25) is 5.02 Å². The van der Waals surface area contributed by atoms with Gasteiger partial charge in [0, 0.05) is 10.6 Å². The van der Waals surface area contributed by atoms with Crippen LogP contribution in [0.1, 0.15) is 4.88 Å². The van der Waals surface area contributed by atoms with Crippen molar-refractivity contribution >= 4 is 38.9 Å². The topological polar surface area (TPSA) is 33.1 Å². The number of benzene rings is 1.